The molecule has 1 aromatic carbocycles. The van der Waals surface area contributed by atoms with Crippen LogP contribution in [0.25, 0.3) is 0 Å². The molecule has 0 N–H and O–H groups in total. The van der Waals surface area contributed by atoms with Crippen molar-refractivity contribution in [3.63, 3.8) is 0 Å². The van der Waals surface area contributed by atoms with Gasteiger partial charge in [-0.3, -0.25) is 0 Å². The summed E-state index contributed by atoms with van der Waals surface area (Å²) in [4.78, 5) is 26.1. The van der Waals surface area contributed by atoms with E-state index in [9.17, 15) is 9.59 Å². The van der Waals surface area contributed by atoms with Gasteiger partial charge in [-0.25, -0.2) is 9.59 Å². The molecule has 6 heteroatoms. The summed E-state index contributed by atoms with van der Waals surface area (Å²) >= 11 is 0. The SMILES string of the molecule is CCOc1cccc(C2C(C(=O)OC)=CN(C)C=C2C(=O)OC)c1. The number of esters is 2. The fourth-order valence-corrected chi connectivity index (χ4v) is 2.68. The maximum absolute atomic E-state index is 12.2. The van der Waals surface area contributed by atoms with Gasteiger partial charge in [0.1, 0.15) is 5.75 Å². The molecule has 128 valence electrons. The van der Waals surface area contributed by atoms with E-state index < -0.39 is 17.9 Å². The van der Waals surface area contributed by atoms with Crippen molar-refractivity contribution >= 4 is 11.9 Å². The van der Waals surface area contributed by atoms with Gasteiger partial charge in [0.2, 0.25) is 0 Å². The molecule has 0 spiro atoms. The lowest BCUT2D eigenvalue weighted by molar-refractivity contribution is -0.137. The van der Waals surface area contributed by atoms with E-state index in [0.29, 0.717) is 23.5 Å². The highest BCUT2D eigenvalue weighted by molar-refractivity contribution is 5.98. The molecule has 0 radical (unpaired) electrons. The van der Waals surface area contributed by atoms with Crippen molar-refractivity contribution in [1.82, 2.24) is 4.90 Å². The Balaban J connectivity index is 2.55. The van der Waals surface area contributed by atoms with Gasteiger partial charge in [-0.15, -0.1) is 0 Å². The number of hydrogen-bond acceptors (Lipinski definition) is 6. The first kappa shape index (κ1) is 17.6. The average Bonchev–Trinajstić information content (AvgIpc) is 2.60. The van der Waals surface area contributed by atoms with Gasteiger partial charge in [0.15, 0.2) is 0 Å². The van der Waals surface area contributed by atoms with E-state index in [1.807, 2.05) is 31.2 Å². The highest BCUT2D eigenvalue weighted by atomic mass is 16.5. The number of nitrogens with zero attached hydrogens (tertiary/aromatic N) is 1. The highest BCUT2D eigenvalue weighted by Crippen LogP contribution is 2.37. The van der Waals surface area contributed by atoms with Gasteiger partial charge in [-0.05, 0) is 24.6 Å². The van der Waals surface area contributed by atoms with Gasteiger partial charge in [0, 0.05) is 19.4 Å². The zero-order valence-corrected chi connectivity index (χ0v) is 14.2. The van der Waals surface area contributed by atoms with Crippen LogP contribution in [0.3, 0.4) is 0 Å². The summed E-state index contributed by atoms with van der Waals surface area (Å²) in [6, 6.07) is 7.30. The predicted octanol–water partition coefficient (Wildman–Crippen LogP) is 2.23. The normalized spacial score (nSPS) is 14.6. The first-order valence-corrected chi connectivity index (χ1v) is 7.56. The van der Waals surface area contributed by atoms with Gasteiger partial charge in [-0.1, -0.05) is 12.1 Å². The number of methoxy groups -OCH3 is 2. The molecule has 0 aliphatic carbocycles. The molecule has 0 unspecified atom stereocenters. The van der Waals surface area contributed by atoms with Crippen LogP contribution in [0.5, 0.6) is 5.75 Å². The van der Waals surface area contributed by atoms with E-state index in [0.717, 1.165) is 5.56 Å². The van der Waals surface area contributed by atoms with Crippen molar-refractivity contribution in [2.75, 3.05) is 27.9 Å². The predicted molar refractivity (Wildman–Crippen MR) is 88.3 cm³/mol. The van der Waals surface area contributed by atoms with Crippen LogP contribution in [0.1, 0.15) is 18.4 Å². The fraction of sp³-hybridized carbons (Fsp3) is 0.333. The van der Waals surface area contributed by atoms with Crippen LogP contribution in [0.15, 0.2) is 47.8 Å². The molecule has 6 nitrogen and oxygen atoms in total. The number of ether oxygens (including phenoxy) is 3. The average molecular weight is 331 g/mol. The maximum Gasteiger partial charge on any atom is 0.336 e. The topological polar surface area (TPSA) is 65.1 Å². The molecule has 0 saturated heterocycles. The molecule has 0 atom stereocenters. The Bertz CT molecular complexity index is 658. The van der Waals surface area contributed by atoms with Crippen LogP contribution < -0.4 is 4.74 Å². The van der Waals surface area contributed by atoms with E-state index in [2.05, 4.69) is 0 Å². The Morgan fingerprint density at radius 2 is 1.67 bits per heavy atom. The molecule has 0 bridgehead atoms. The Morgan fingerprint density at radius 3 is 2.17 bits per heavy atom. The van der Waals surface area contributed by atoms with Crippen LogP contribution >= 0.6 is 0 Å². The summed E-state index contributed by atoms with van der Waals surface area (Å²) in [6.45, 7) is 2.41. The third-order valence-corrected chi connectivity index (χ3v) is 3.65. The first-order chi connectivity index (χ1) is 11.5. The lowest BCUT2D eigenvalue weighted by Gasteiger charge is -2.28. The highest BCUT2D eigenvalue weighted by Gasteiger charge is 2.34. The summed E-state index contributed by atoms with van der Waals surface area (Å²) in [6.07, 6.45) is 3.30. The third-order valence-electron chi connectivity index (χ3n) is 3.65. The van der Waals surface area contributed by atoms with Crippen molar-refractivity contribution in [1.29, 1.82) is 0 Å². The molecule has 0 aromatic heterocycles. The van der Waals surface area contributed by atoms with Crippen molar-refractivity contribution < 1.29 is 23.8 Å². The van der Waals surface area contributed by atoms with Gasteiger partial charge in [0.05, 0.1) is 37.9 Å². The Kier molecular flexibility index (Phi) is 5.63. The molecular weight excluding hydrogens is 310 g/mol. The van der Waals surface area contributed by atoms with Gasteiger partial charge < -0.3 is 19.1 Å². The van der Waals surface area contributed by atoms with E-state index in [1.54, 1.807) is 24.3 Å². The molecule has 1 aromatic rings. The van der Waals surface area contributed by atoms with Crippen LogP contribution in [-0.4, -0.2) is 44.7 Å². The smallest absolute Gasteiger partial charge is 0.336 e. The lowest BCUT2D eigenvalue weighted by atomic mass is 9.83. The standard InChI is InChI=1S/C18H21NO5/c1-5-24-13-8-6-7-12(9-13)16-14(17(20)22-3)10-19(2)11-15(16)18(21)23-4/h6-11,16H,5H2,1-4H3. The summed E-state index contributed by atoms with van der Waals surface area (Å²) < 4.78 is 15.3. The van der Waals surface area contributed by atoms with Crippen molar-refractivity contribution in [2.24, 2.45) is 0 Å². The molecule has 2 rings (SSSR count). The van der Waals surface area contributed by atoms with Gasteiger partial charge in [0.25, 0.3) is 0 Å². The minimum atomic E-state index is -0.582. The zero-order valence-electron chi connectivity index (χ0n) is 14.2. The summed E-state index contributed by atoms with van der Waals surface area (Å²) in [5.74, 6) is -0.907. The number of rotatable bonds is 5. The lowest BCUT2D eigenvalue weighted by Crippen LogP contribution is -2.27. The van der Waals surface area contributed by atoms with Crippen LogP contribution in [-0.2, 0) is 19.1 Å². The van der Waals surface area contributed by atoms with Crippen LogP contribution in [0.2, 0.25) is 0 Å². The molecule has 24 heavy (non-hydrogen) atoms. The second kappa shape index (κ2) is 7.68. The zero-order chi connectivity index (χ0) is 17.7. The molecule has 0 saturated carbocycles. The molecule has 1 heterocycles. The number of benzene rings is 1. The number of carbonyl (C=O) groups excluding carboxylic acids is 2. The van der Waals surface area contributed by atoms with Gasteiger partial charge in [-0.2, -0.15) is 0 Å². The van der Waals surface area contributed by atoms with Gasteiger partial charge >= 0.3 is 11.9 Å². The summed E-state index contributed by atoms with van der Waals surface area (Å²) in [5, 5.41) is 0. The van der Waals surface area contributed by atoms with Crippen LogP contribution in [0.4, 0.5) is 0 Å². The van der Waals surface area contributed by atoms with Crippen LogP contribution in [0, 0.1) is 0 Å². The van der Waals surface area contributed by atoms with Crippen molar-refractivity contribution in [3.05, 3.63) is 53.4 Å². The monoisotopic (exact) mass is 331 g/mol. The second-order valence-electron chi connectivity index (χ2n) is 5.26. The maximum atomic E-state index is 12.2. The second-order valence-corrected chi connectivity index (χ2v) is 5.26. The first-order valence-electron chi connectivity index (χ1n) is 7.56. The largest absolute Gasteiger partial charge is 0.494 e. The van der Waals surface area contributed by atoms with Crippen molar-refractivity contribution in [2.45, 2.75) is 12.8 Å². The minimum Gasteiger partial charge on any atom is -0.494 e. The van der Waals surface area contributed by atoms with E-state index >= 15 is 0 Å². The third kappa shape index (κ3) is 3.59. The van der Waals surface area contributed by atoms with E-state index in [-0.39, 0.29) is 0 Å². The Labute approximate surface area is 141 Å². The van der Waals surface area contributed by atoms with E-state index in [1.165, 1.54) is 14.2 Å². The summed E-state index contributed by atoms with van der Waals surface area (Å²) in [5.41, 5.74) is 1.47. The molecule has 0 fully saturated rings. The quantitative estimate of drug-likeness (QED) is 0.771. The molecule has 1 aliphatic rings. The van der Waals surface area contributed by atoms with Crippen molar-refractivity contribution in [3.8, 4) is 5.75 Å². The molecular formula is C18H21NO5. The number of carbonyl (C=O) groups is 2. The number of hydrogen-bond donors (Lipinski definition) is 0. The Morgan fingerprint density at radius 1 is 1.08 bits per heavy atom. The molecule has 1 aliphatic heterocycles. The summed E-state index contributed by atoms with van der Waals surface area (Å²) in [7, 11) is 4.36. The minimum absolute atomic E-state index is 0.358. The van der Waals surface area contributed by atoms with E-state index in [4.69, 9.17) is 14.2 Å². The molecule has 0 amide bonds. The Hall–Kier alpha value is -2.76. The fourth-order valence-electron chi connectivity index (χ4n) is 2.68.